The summed E-state index contributed by atoms with van der Waals surface area (Å²) in [6.45, 7) is 0. The van der Waals surface area contributed by atoms with Crippen molar-refractivity contribution in [1.82, 2.24) is 4.90 Å². The molecule has 0 amide bonds. The summed E-state index contributed by atoms with van der Waals surface area (Å²) in [7, 11) is 3.70. The number of nitrogens with two attached hydrogens (primary N) is 1. The molecule has 0 aromatic heterocycles. The van der Waals surface area contributed by atoms with Crippen LogP contribution in [0.15, 0.2) is 4.99 Å². The summed E-state index contributed by atoms with van der Waals surface area (Å²) in [6.07, 6.45) is 1.56. The van der Waals surface area contributed by atoms with Gasteiger partial charge in [-0.1, -0.05) is 0 Å². The first-order chi connectivity index (χ1) is 3.63. The number of rotatable bonds is 1. The van der Waals surface area contributed by atoms with Gasteiger partial charge in [0.25, 0.3) is 0 Å². The van der Waals surface area contributed by atoms with Crippen molar-refractivity contribution in [1.29, 1.82) is 0 Å². The van der Waals surface area contributed by atoms with Gasteiger partial charge in [0.1, 0.15) is 0 Å². The second kappa shape index (κ2) is 3.37. The lowest BCUT2D eigenvalue weighted by atomic mass is 10.9. The highest BCUT2D eigenvalue weighted by atomic mass is 32.1. The van der Waals surface area contributed by atoms with E-state index in [4.69, 9.17) is 5.73 Å². The Balaban J connectivity index is 3.50. The molecule has 0 fully saturated rings. The monoisotopic (exact) mass is 131 g/mol. The number of aliphatic imine (C=N–C) groups is 1. The molecule has 0 rings (SSSR count). The van der Waals surface area contributed by atoms with E-state index >= 15 is 0 Å². The molecule has 0 unspecified atom stereocenters. The zero-order valence-electron chi connectivity index (χ0n) is 4.96. The van der Waals surface area contributed by atoms with Gasteiger partial charge < -0.3 is 10.6 Å². The van der Waals surface area contributed by atoms with E-state index in [9.17, 15) is 0 Å². The minimum Gasteiger partial charge on any atom is -0.374 e. The number of nitrogens with zero attached hydrogens (tertiary/aromatic N) is 2. The van der Waals surface area contributed by atoms with Crippen molar-refractivity contribution in [3.8, 4) is 0 Å². The van der Waals surface area contributed by atoms with Crippen molar-refractivity contribution in [2.45, 2.75) is 0 Å². The van der Waals surface area contributed by atoms with Gasteiger partial charge in [-0.05, 0) is 12.2 Å². The van der Waals surface area contributed by atoms with Crippen LogP contribution >= 0.6 is 12.2 Å². The van der Waals surface area contributed by atoms with E-state index in [1.807, 2.05) is 14.1 Å². The van der Waals surface area contributed by atoms with Crippen LogP contribution in [0.3, 0.4) is 0 Å². The van der Waals surface area contributed by atoms with Gasteiger partial charge in [0, 0.05) is 14.1 Å². The van der Waals surface area contributed by atoms with Crippen LogP contribution in [-0.4, -0.2) is 30.4 Å². The van der Waals surface area contributed by atoms with Crippen LogP contribution in [0.5, 0.6) is 0 Å². The lowest BCUT2D eigenvalue weighted by Crippen LogP contribution is -2.12. The Hall–Kier alpha value is -0.640. The second-order valence-electron chi connectivity index (χ2n) is 1.55. The van der Waals surface area contributed by atoms with Crippen molar-refractivity contribution in [3.63, 3.8) is 0 Å². The molecule has 0 radical (unpaired) electrons. The first-order valence-corrected chi connectivity index (χ1v) is 2.54. The van der Waals surface area contributed by atoms with E-state index in [1.54, 1.807) is 11.2 Å². The van der Waals surface area contributed by atoms with Gasteiger partial charge in [-0.2, -0.15) is 0 Å². The maximum atomic E-state index is 5.05. The maximum Gasteiger partial charge on any atom is 0.191 e. The summed E-state index contributed by atoms with van der Waals surface area (Å²) >= 11 is 4.47. The Labute approximate surface area is 54.2 Å². The molecule has 0 aromatic rings. The van der Waals surface area contributed by atoms with Crippen LogP contribution in [0.25, 0.3) is 0 Å². The average Bonchev–Trinajstić information content (AvgIpc) is 1.61. The summed E-state index contributed by atoms with van der Waals surface area (Å²) < 4.78 is 0. The Bertz CT molecular complexity index is 108. The highest BCUT2D eigenvalue weighted by Crippen LogP contribution is 1.68. The van der Waals surface area contributed by atoms with Crippen molar-refractivity contribution >= 4 is 23.7 Å². The predicted octanol–water partition coefficient (Wildman–Crippen LogP) is -0.180. The van der Waals surface area contributed by atoms with Crippen LogP contribution in [-0.2, 0) is 0 Å². The molecule has 0 saturated carbocycles. The fraction of sp³-hybridized carbons (Fsp3) is 0.500. The van der Waals surface area contributed by atoms with Crippen molar-refractivity contribution in [2.24, 2.45) is 10.7 Å². The normalized spacial score (nSPS) is 9.75. The molecule has 8 heavy (non-hydrogen) atoms. The van der Waals surface area contributed by atoms with Crippen LogP contribution < -0.4 is 5.73 Å². The first-order valence-electron chi connectivity index (χ1n) is 2.13. The van der Waals surface area contributed by atoms with Crippen molar-refractivity contribution in [2.75, 3.05) is 14.1 Å². The molecule has 0 atom stereocenters. The van der Waals surface area contributed by atoms with Crippen LogP contribution in [0.1, 0.15) is 0 Å². The highest BCUT2D eigenvalue weighted by molar-refractivity contribution is 7.80. The molecular weight excluding hydrogens is 122 g/mol. The van der Waals surface area contributed by atoms with Gasteiger partial charge in [-0.15, -0.1) is 0 Å². The molecule has 46 valence electrons. The Morgan fingerprint density at radius 1 is 1.75 bits per heavy atom. The second-order valence-corrected chi connectivity index (χ2v) is 1.96. The van der Waals surface area contributed by atoms with Gasteiger partial charge >= 0.3 is 0 Å². The first kappa shape index (κ1) is 7.36. The van der Waals surface area contributed by atoms with E-state index < -0.39 is 0 Å². The molecule has 4 heteroatoms. The van der Waals surface area contributed by atoms with Gasteiger partial charge in [-0.3, -0.25) is 0 Å². The molecule has 0 bridgehead atoms. The average molecular weight is 131 g/mol. The van der Waals surface area contributed by atoms with E-state index in [0.717, 1.165) is 0 Å². The van der Waals surface area contributed by atoms with E-state index in [0.29, 0.717) is 0 Å². The summed E-state index contributed by atoms with van der Waals surface area (Å²) in [5, 5.41) is 0.165. The zero-order chi connectivity index (χ0) is 6.57. The summed E-state index contributed by atoms with van der Waals surface area (Å²) in [5.41, 5.74) is 5.05. The molecule has 0 aliphatic carbocycles. The minimum atomic E-state index is 0.165. The molecule has 2 N–H and O–H groups in total. The van der Waals surface area contributed by atoms with E-state index in [2.05, 4.69) is 17.2 Å². The van der Waals surface area contributed by atoms with Gasteiger partial charge in [-0.25, -0.2) is 4.99 Å². The minimum absolute atomic E-state index is 0.165. The van der Waals surface area contributed by atoms with Crippen LogP contribution in [0.4, 0.5) is 0 Å². The maximum absolute atomic E-state index is 5.05. The van der Waals surface area contributed by atoms with Crippen molar-refractivity contribution < 1.29 is 0 Å². The number of thiocarbonyl (C=S) groups is 1. The van der Waals surface area contributed by atoms with E-state index in [1.165, 1.54) is 0 Å². The molecular formula is C4H9N3S. The Kier molecular flexibility index (Phi) is 3.10. The van der Waals surface area contributed by atoms with Crippen LogP contribution in [0.2, 0.25) is 0 Å². The third-order valence-electron chi connectivity index (χ3n) is 0.416. The predicted molar refractivity (Wildman–Crippen MR) is 39.0 cm³/mol. The molecule has 0 aliphatic heterocycles. The highest BCUT2D eigenvalue weighted by Gasteiger charge is 1.77. The summed E-state index contributed by atoms with van der Waals surface area (Å²) in [4.78, 5) is 5.40. The SMILES string of the molecule is CN(C)C=NC(N)=S. The molecule has 0 aliphatic rings. The van der Waals surface area contributed by atoms with Gasteiger partial charge in [0.05, 0.1) is 6.34 Å². The lowest BCUT2D eigenvalue weighted by Gasteiger charge is -1.99. The van der Waals surface area contributed by atoms with Crippen LogP contribution in [0, 0.1) is 0 Å². The molecule has 0 spiro atoms. The van der Waals surface area contributed by atoms with Gasteiger partial charge in [0.15, 0.2) is 5.11 Å². The standard InChI is InChI=1S/C4H9N3S/c1-7(2)3-6-4(5)8/h3H,1-2H3,(H2,5,8). The third kappa shape index (κ3) is 5.36. The summed E-state index contributed by atoms with van der Waals surface area (Å²) in [6, 6.07) is 0. The van der Waals surface area contributed by atoms with E-state index in [-0.39, 0.29) is 5.11 Å². The molecule has 0 saturated heterocycles. The largest absolute Gasteiger partial charge is 0.374 e. The smallest absolute Gasteiger partial charge is 0.191 e. The topological polar surface area (TPSA) is 41.6 Å². The number of hydrogen-bond acceptors (Lipinski definition) is 1. The molecule has 0 heterocycles. The lowest BCUT2D eigenvalue weighted by molar-refractivity contribution is 0.644. The Morgan fingerprint density at radius 2 is 2.25 bits per heavy atom. The van der Waals surface area contributed by atoms with Gasteiger partial charge in [0.2, 0.25) is 0 Å². The fourth-order valence-electron chi connectivity index (χ4n) is 0.172. The fourth-order valence-corrected chi connectivity index (χ4v) is 0.220. The molecule has 0 aromatic carbocycles. The Morgan fingerprint density at radius 3 is 2.38 bits per heavy atom. The zero-order valence-corrected chi connectivity index (χ0v) is 5.77. The van der Waals surface area contributed by atoms with Crippen molar-refractivity contribution in [3.05, 3.63) is 0 Å². The summed E-state index contributed by atoms with van der Waals surface area (Å²) in [5.74, 6) is 0. The quantitative estimate of drug-likeness (QED) is 0.305. The number of hydrogen-bond donors (Lipinski definition) is 1. The molecule has 3 nitrogen and oxygen atoms in total. The third-order valence-corrected chi connectivity index (χ3v) is 0.521.